The molecule has 0 aliphatic heterocycles. The predicted octanol–water partition coefficient (Wildman–Crippen LogP) is 5.08. The van der Waals surface area contributed by atoms with Gasteiger partial charge >= 0.3 is 0 Å². The number of ether oxygens (including phenoxy) is 1. The van der Waals surface area contributed by atoms with Gasteiger partial charge in [0.1, 0.15) is 5.75 Å². The van der Waals surface area contributed by atoms with E-state index in [4.69, 9.17) is 17.0 Å². The van der Waals surface area contributed by atoms with Crippen molar-refractivity contribution in [2.45, 2.75) is 33.7 Å². The lowest BCUT2D eigenvalue weighted by Gasteiger charge is -2.26. The molecule has 0 aliphatic rings. The highest BCUT2D eigenvalue weighted by Gasteiger charge is 2.18. The van der Waals surface area contributed by atoms with Crippen molar-refractivity contribution in [2.75, 3.05) is 11.9 Å². The van der Waals surface area contributed by atoms with Crippen molar-refractivity contribution in [3.8, 4) is 5.75 Å². The van der Waals surface area contributed by atoms with Crippen LogP contribution < -0.4 is 15.4 Å². The van der Waals surface area contributed by atoms with Gasteiger partial charge in [0, 0.05) is 5.69 Å². The fraction of sp³-hybridized carbons (Fsp3) is 0.350. The predicted molar refractivity (Wildman–Crippen MR) is 106 cm³/mol. The minimum absolute atomic E-state index is 0.175. The Morgan fingerprint density at radius 3 is 2.33 bits per heavy atom. The molecular weight excluding hydrogens is 316 g/mol. The molecule has 2 rings (SSSR count). The van der Waals surface area contributed by atoms with Crippen molar-refractivity contribution in [1.82, 2.24) is 5.32 Å². The van der Waals surface area contributed by atoms with Crippen LogP contribution in [-0.2, 0) is 0 Å². The van der Waals surface area contributed by atoms with Crippen LogP contribution in [0.2, 0.25) is 0 Å². The van der Waals surface area contributed by atoms with Gasteiger partial charge in [-0.15, -0.1) is 0 Å². The van der Waals surface area contributed by atoms with Crippen LogP contribution in [0, 0.1) is 12.8 Å². The van der Waals surface area contributed by atoms with Gasteiger partial charge in [-0.3, -0.25) is 0 Å². The summed E-state index contributed by atoms with van der Waals surface area (Å²) in [6, 6.07) is 16.4. The zero-order chi connectivity index (χ0) is 17.5. The van der Waals surface area contributed by atoms with E-state index in [1.165, 1.54) is 11.1 Å². The smallest absolute Gasteiger partial charge is 0.171 e. The van der Waals surface area contributed by atoms with Gasteiger partial charge in [0.2, 0.25) is 0 Å². The van der Waals surface area contributed by atoms with E-state index in [-0.39, 0.29) is 6.04 Å². The standard InChI is InChI=1S/C20H26N2OS/c1-5-23-17-12-10-16(11-13-17)21-20(24)22-19(14(2)3)18-9-7-6-8-15(18)4/h6-14,19H,5H2,1-4H3,(H2,21,22,24)/t19-/m1/s1. The molecule has 0 heterocycles. The van der Waals surface area contributed by atoms with Gasteiger partial charge < -0.3 is 15.4 Å². The molecule has 4 heteroatoms. The molecule has 0 fully saturated rings. The van der Waals surface area contributed by atoms with E-state index in [0.717, 1.165) is 11.4 Å². The summed E-state index contributed by atoms with van der Waals surface area (Å²) in [6.45, 7) is 9.17. The first kappa shape index (κ1) is 18.3. The number of nitrogens with one attached hydrogen (secondary N) is 2. The van der Waals surface area contributed by atoms with Gasteiger partial charge in [-0.25, -0.2) is 0 Å². The first-order chi connectivity index (χ1) is 11.5. The van der Waals surface area contributed by atoms with Gasteiger partial charge in [0.25, 0.3) is 0 Å². The Hall–Kier alpha value is -2.07. The van der Waals surface area contributed by atoms with Crippen LogP contribution in [0.1, 0.15) is 37.9 Å². The summed E-state index contributed by atoms with van der Waals surface area (Å²) >= 11 is 5.51. The highest BCUT2D eigenvalue weighted by molar-refractivity contribution is 7.80. The maximum absolute atomic E-state index is 5.51. The SMILES string of the molecule is CCOc1ccc(NC(=S)N[C@@H](c2ccccc2C)C(C)C)cc1. The lowest BCUT2D eigenvalue weighted by atomic mass is 9.93. The fourth-order valence-corrected chi connectivity index (χ4v) is 2.89. The number of hydrogen-bond donors (Lipinski definition) is 2. The van der Waals surface area contributed by atoms with E-state index >= 15 is 0 Å². The Balaban J connectivity index is 2.04. The van der Waals surface area contributed by atoms with Crippen LogP contribution in [0.15, 0.2) is 48.5 Å². The average molecular weight is 343 g/mol. The summed E-state index contributed by atoms with van der Waals surface area (Å²) in [4.78, 5) is 0. The number of rotatable bonds is 6. The Labute approximate surface area is 150 Å². The second kappa shape index (κ2) is 8.69. The first-order valence-corrected chi connectivity index (χ1v) is 8.78. The van der Waals surface area contributed by atoms with Gasteiger partial charge in [-0.2, -0.15) is 0 Å². The maximum Gasteiger partial charge on any atom is 0.171 e. The molecule has 0 saturated heterocycles. The van der Waals surface area contributed by atoms with Crippen molar-refractivity contribution in [3.63, 3.8) is 0 Å². The molecule has 0 aromatic heterocycles. The molecule has 0 unspecified atom stereocenters. The number of benzene rings is 2. The van der Waals surface area contributed by atoms with Gasteiger partial charge in [-0.1, -0.05) is 38.1 Å². The normalized spacial score (nSPS) is 11.9. The average Bonchev–Trinajstić information content (AvgIpc) is 2.55. The molecule has 0 spiro atoms. The van der Waals surface area contributed by atoms with Crippen molar-refractivity contribution >= 4 is 23.0 Å². The summed E-state index contributed by atoms with van der Waals surface area (Å²) in [5, 5.41) is 7.33. The molecule has 24 heavy (non-hydrogen) atoms. The minimum Gasteiger partial charge on any atom is -0.494 e. The van der Waals surface area contributed by atoms with Crippen LogP contribution in [0.4, 0.5) is 5.69 Å². The monoisotopic (exact) mass is 342 g/mol. The van der Waals surface area contributed by atoms with Crippen LogP contribution in [0.3, 0.4) is 0 Å². The van der Waals surface area contributed by atoms with Gasteiger partial charge in [0.15, 0.2) is 5.11 Å². The Bertz CT molecular complexity index is 668. The Kier molecular flexibility index (Phi) is 6.62. The maximum atomic E-state index is 5.51. The van der Waals surface area contributed by atoms with E-state index in [9.17, 15) is 0 Å². The highest BCUT2D eigenvalue weighted by Crippen LogP contribution is 2.25. The molecule has 2 N–H and O–H groups in total. The largest absolute Gasteiger partial charge is 0.494 e. The van der Waals surface area contributed by atoms with E-state index in [2.05, 4.69) is 55.7 Å². The summed E-state index contributed by atoms with van der Waals surface area (Å²) in [5.74, 6) is 1.29. The molecular formula is C20H26N2OS. The summed E-state index contributed by atoms with van der Waals surface area (Å²) in [5.41, 5.74) is 3.50. The third-order valence-corrected chi connectivity index (χ3v) is 4.12. The molecule has 0 radical (unpaired) electrons. The molecule has 0 bridgehead atoms. The quantitative estimate of drug-likeness (QED) is 0.718. The zero-order valence-corrected chi connectivity index (χ0v) is 15.6. The summed E-state index contributed by atoms with van der Waals surface area (Å²) in [7, 11) is 0. The number of thiocarbonyl (C=S) groups is 1. The van der Waals surface area contributed by atoms with Crippen LogP contribution in [0.5, 0.6) is 5.75 Å². The second-order valence-corrected chi connectivity index (χ2v) is 6.54. The molecule has 1 atom stereocenters. The van der Waals surface area contributed by atoms with Gasteiger partial charge in [-0.05, 0) is 67.4 Å². The van der Waals surface area contributed by atoms with Crippen molar-refractivity contribution in [1.29, 1.82) is 0 Å². The molecule has 2 aromatic rings. The summed E-state index contributed by atoms with van der Waals surface area (Å²) < 4.78 is 5.46. The lowest BCUT2D eigenvalue weighted by molar-refractivity contribution is 0.340. The molecule has 0 aliphatic carbocycles. The lowest BCUT2D eigenvalue weighted by Crippen LogP contribution is -2.35. The van der Waals surface area contributed by atoms with E-state index in [1.807, 2.05) is 31.2 Å². The number of anilines is 1. The summed E-state index contributed by atoms with van der Waals surface area (Å²) in [6.07, 6.45) is 0. The minimum atomic E-state index is 0.175. The number of hydrogen-bond acceptors (Lipinski definition) is 2. The second-order valence-electron chi connectivity index (χ2n) is 6.13. The van der Waals surface area contributed by atoms with Gasteiger partial charge in [0.05, 0.1) is 12.6 Å². The molecule has 2 aromatic carbocycles. The van der Waals surface area contributed by atoms with Crippen LogP contribution in [0.25, 0.3) is 0 Å². The zero-order valence-electron chi connectivity index (χ0n) is 14.8. The third-order valence-electron chi connectivity index (χ3n) is 3.90. The van der Waals surface area contributed by atoms with E-state index in [0.29, 0.717) is 17.6 Å². The molecule has 0 amide bonds. The highest BCUT2D eigenvalue weighted by atomic mass is 32.1. The van der Waals surface area contributed by atoms with E-state index in [1.54, 1.807) is 0 Å². The fourth-order valence-electron chi connectivity index (χ4n) is 2.65. The topological polar surface area (TPSA) is 33.3 Å². The number of aryl methyl sites for hydroxylation is 1. The van der Waals surface area contributed by atoms with Crippen LogP contribution >= 0.6 is 12.2 Å². The Morgan fingerprint density at radius 1 is 1.08 bits per heavy atom. The van der Waals surface area contributed by atoms with Crippen LogP contribution in [-0.4, -0.2) is 11.7 Å². The van der Waals surface area contributed by atoms with Crippen molar-refractivity contribution in [3.05, 3.63) is 59.7 Å². The Morgan fingerprint density at radius 2 is 1.75 bits per heavy atom. The van der Waals surface area contributed by atoms with Crippen molar-refractivity contribution < 1.29 is 4.74 Å². The third kappa shape index (κ3) is 4.96. The molecule has 3 nitrogen and oxygen atoms in total. The van der Waals surface area contributed by atoms with E-state index < -0.39 is 0 Å². The molecule has 128 valence electrons. The molecule has 0 saturated carbocycles. The van der Waals surface area contributed by atoms with Crippen molar-refractivity contribution in [2.24, 2.45) is 5.92 Å². The first-order valence-electron chi connectivity index (χ1n) is 8.37.